The summed E-state index contributed by atoms with van der Waals surface area (Å²) in [7, 11) is 0. The van der Waals surface area contributed by atoms with Crippen LogP contribution in [0.4, 0.5) is 0 Å². The van der Waals surface area contributed by atoms with Crippen molar-refractivity contribution in [3.05, 3.63) is 70.5 Å². The number of hydrogen-bond donors (Lipinski definition) is 0. The molecule has 4 rings (SSSR count). The first-order valence-corrected chi connectivity index (χ1v) is 9.82. The Hall–Kier alpha value is -2.92. The Labute approximate surface area is 164 Å². The second-order valence-electron chi connectivity index (χ2n) is 7.21. The van der Waals surface area contributed by atoms with Crippen LogP contribution in [0.2, 0.25) is 0 Å². The fraction of sp³-hybridized carbons (Fsp3) is 0.304. The number of pyridine rings is 1. The van der Waals surface area contributed by atoms with Crippen molar-refractivity contribution in [2.45, 2.75) is 25.8 Å². The number of aldehydes is 1. The predicted molar refractivity (Wildman–Crippen MR) is 110 cm³/mol. The molecule has 0 spiro atoms. The largest absolute Gasteiger partial charge is 0.457 e. The highest BCUT2D eigenvalue weighted by Crippen LogP contribution is 2.25. The molecule has 1 aliphatic heterocycles. The molecular weight excluding hydrogens is 352 g/mol. The summed E-state index contributed by atoms with van der Waals surface area (Å²) in [5.74, 6) is 1.41. The molecule has 1 saturated heterocycles. The Morgan fingerprint density at radius 1 is 0.893 bits per heavy atom. The van der Waals surface area contributed by atoms with E-state index in [-0.39, 0.29) is 11.1 Å². The number of fused-ring (bicyclic) bond motifs is 1. The van der Waals surface area contributed by atoms with Crippen LogP contribution in [0.5, 0.6) is 11.5 Å². The number of rotatable bonds is 6. The maximum atomic E-state index is 12.8. The zero-order valence-corrected chi connectivity index (χ0v) is 15.8. The normalized spacial score (nSPS) is 14.9. The molecular formula is C23H24N2O3. The third-order valence-corrected chi connectivity index (χ3v) is 5.29. The molecule has 28 heavy (non-hydrogen) atoms. The molecule has 1 aliphatic rings. The van der Waals surface area contributed by atoms with Crippen LogP contribution in [-0.2, 0) is 6.54 Å². The average molecular weight is 376 g/mol. The lowest BCUT2D eigenvalue weighted by molar-refractivity contribution is 0.112. The molecule has 2 aromatic carbocycles. The summed E-state index contributed by atoms with van der Waals surface area (Å²) in [6.07, 6.45) is 4.34. The van der Waals surface area contributed by atoms with E-state index in [4.69, 9.17) is 4.74 Å². The van der Waals surface area contributed by atoms with E-state index in [0.717, 1.165) is 36.3 Å². The van der Waals surface area contributed by atoms with Gasteiger partial charge >= 0.3 is 0 Å². The van der Waals surface area contributed by atoms with E-state index in [1.807, 2.05) is 48.5 Å². The van der Waals surface area contributed by atoms with Crippen LogP contribution in [0, 0.1) is 0 Å². The highest BCUT2D eigenvalue weighted by molar-refractivity contribution is 5.87. The van der Waals surface area contributed by atoms with Gasteiger partial charge in [-0.2, -0.15) is 0 Å². The Bertz CT molecular complexity index is 1020. The van der Waals surface area contributed by atoms with Gasteiger partial charge < -0.3 is 14.2 Å². The second-order valence-corrected chi connectivity index (χ2v) is 7.21. The lowest BCUT2D eigenvalue weighted by atomic mass is 10.1. The molecule has 144 valence electrons. The first-order valence-electron chi connectivity index (χ1n) is 9.82. The first kappa shape index (κ1) is 18.4. The number of carbonyl (C=O) groups excluding carboxylic acids is 1. The molecule has 0 unspecified atom stereocenters. The third kappa shape index (κ3) is 3.99. The van der Waals surface area contributed by atoms with Crippen LogP contribution in [-0.4, -0.2) is 35.4 Å². The number of hydrogen-bond acceptors (Lipinski definition) is 4. The summed E-state index contributed by atoms with van der Waals surface area (Å²) in [4.78, 5) is 26.6. The summed E-state index contributed by atoms with van der Waals surface area (Å²) < 4.78 is 7.65. The number of nitrogens with zero attached hydrogens (tertiary/aromatic N) is 2. The minimum atomic E-state index is -0.239. The van der Waals surface area contributed by atoms with Gasteiger partial charge in [0, 0.05) is 19.2 Å². The van der Waals surface area contributed by atoms with Gasteiger partial charge in [0.15, 0.2) is 6.29 Å². The molecule has 2 heterocycles. The van der Waals surface area contributed by atoms with Gasteiger partial charge in [-0.15, -0.1) is 0 Å². The number of para-hydroxylation sites is 1. The fourth-order valence-corrected chi connectivity index (χ4v) is 3.79. The molecule has 3 aromatic rings. The van der Waals surface area contributed by atoms with Gasteiger partial charge in [-0.3, -0.25) is 9.59 Å². The maximum Gasteiger partial charge on any atom is 0.261 e. The molecule has 0 N–H and O–H groups in total. The van der Waals surface area contributed by atoms with E-state index in [0.29, 0.717) is 18.6 Å². The Morgan fingerprint density at radius 2 is 1.68 bits per heavy atom. The lowest BCUT2D eigenvalue weighted by Crippen LogP contribution is -2.35. The van der Waals surface area contributed by atoms with Crippen molar-refractivity contribution in [1.29, 1.82) is 0 Å². The van der Waals surface area contributed by atoms with Crippen molar-refractivity contribution in [3.8, 4) is 11.5 Å². The van der Waals surface area contributed by atoms with Crippen LogP contribution in [0.3, 0.4) is 0 Å². The number of ether oxygens (including phenoxy) is 1. The van der Waals surface area contributed by atoms with E-state index in [9.17, 15) is 9.59 Å². The second kappa shape index (κ2) is 8.40. The van der Waals surface area contributed by atoms with Crippen molar-refractivity contribution in [2.75, 3.05) is 19.6 Å². The number of carbonyl (C=O) groups is 1. The third-order valence-electron chi connectivity index (χ3n) is 5.29. The van der Waals surface area contributed by atoms with Crippen LogP contribution >= 0.6 is 0 Å². The highest BCUT2D eigenvalue weighted by atomic mass is 16.5. The fourth-order valence-electron chi connectivity index (χ4n) is 3.79. The van der Waals surface area contributed by atoms with Crippen molar-refractivity contribution >= 4 is 17.2 Å². The molecule has 0 amide bonds. The molecule has 1 aromatic heterocycles. The number of likely N-dealkylation sites (tertiary alicyclic amines) is 1. The topological polar surface area (TPSA) is 51.5 Å². The number of aromatic nitrogens is 1. The van der Waals surface area contributed by atoms with Crippen molar-refractivity contribution < 1.29 is 9.53 Å². The van der Waals surface area contributed by atoms with Crippen LogP contribution < -0.4 is 10.3 Å². The Balaban J connectivity index is 1.69. The minimum absolute atomic E-state index is 0.197. The molecule has 0 bridgehead atoms. The van der Waals surface area contributed by atoms with Crippen LogP contribution in [0.1, 0.15) is 29.6 Å². The summed E-state index contributed by atoms with van der Waals surface area (Å²) in [5.41, 5.74) is 0.750. The average Bonchev–Trinajstić information content (AvgIpc) is 2.74. The maximum absolute atomic E-state index is 12.8. The minimum Gasteiger partial charge on any atom is -0.457 e. The smallest absolute Gasteiger partial charge is 0.261 e. The van der Waals surface area contributed by atoms with E-state index >= 15 is 0 Å². The standard InChI is InChI=1S/C23H24N2O3/c26-17-19-15-18-9-10-21(28-20-7-3-1-4-8-20)16-22(18)25(23(19)27)14-13-24-11-5-2-6-12-24/h1,3-4,7-10,15-17H,2,5-6,11-14H2. The van der Waals surface area contributed by atoms with Crippen molar-refractivity contribution in [2.24, 2.45) is 0 Å². The highest BCUT2D eigenvalue weighted by Gasteiger charge is 2.14. The van der Waals surface area contributed by atoms with Gasteiger partial charge in [0.1, 0.15) is 11.5 Å². The van der Waals surface area contributed by atoms with Gasteiger partial charge in [-0.05, 0) is 61.6 Å². The van der Waals surface area contributed by atoms with Gasteiger partial charge in [-0.25, -0.2) is 0 Å². The molecule has 5 nitrogen and oxygen atoms in total. The molecule has 0 aliphatic carbocycles. The first-order chi connectivity index (χ1) is 13.7. The van der Waals surface area contributed by atoms with E-state index in [1.54, 1.807) is 10.6 Å². The molecule has 0 atom stereocenters. The Morgan fingerprint density at radius 3 is 2.43 bits per heavy atom. The molecule has 1 fully saturated rings. The van der Waals surface area contributed by atoms with Gasteiger partial charge in [0.2, 0.25) is 0 Å². The molecule has 5 heteroatoms. The molecule has 0 radical (unpaired) electrons. The summed E-state index contributed by atoms with van der Waals surface area (Å²) in [6.45, 7) is 3.51. The van der Waals surface area contributed by atoms with Crippen LogP contribution in [0.25, 0.3) is 10.9 Å². The van der Waals surface area contributed by atoms with Gasteiger partial charge in [0.25, 0.3) is 5.56 Å². The van der Waals surface area contributed by atoms with Gasteiger partial charge in [0.05, 0.1) is 11.1 Å². The zero-order valence-electron chi connectivity index (χ0n) is 15.8. The predicted octanol–water partition coefficient (Wildman–Crippen LogP) is 4.09. The van der Waals surface area contributed by atoms with Gasteiger partial charge in [-0.1, -0.05) is 24.6 Å². The molecule has 0 saturated carbocycles. The number of piperidine rings is 1. The van der Waals surface area contributed by atoms with Crippen molar-refractivity contribution in [3.63, 3.8) is 0 Å². The summed E-state index contributed by atoms with van der Waals surface area (Å²) in [5, 5.41) is 0.862. The van der Waals surface area contributed by atoms with Crippen molar-refractivity contribution in [1.82, 2.24) is 9.47 Å². The quantitative estimate of drug-likeness (QED) is 0.608. The van der Waals surface area contributed by atoms with E-state index < -0.39 is 0 Å². The lowest BCUT2D eigenvalue weighted by Gasteiger charge is -2.27. The number of benzene rings is 2. The zero-order chi connectivity index (χ0) is 19.3. The summed E-state index contributed by atoms with van der Waals surface area (Å²) >= 11 is 0. The van der Waals surface area contributed by atoms with E-state index in [1.165, 1.54) is 19.3 Å². The Kier molecular flexibility index (Phi) is 5.53. The SMILES string of the molecule is O=Cc1cc2ccc(Oc3ccccc3)cc2n(CCN2CCCCC2)c1=O. The summed E-state index contributed by atoms with van der Waals surface area (Å²) in [6, 6.07) is 16.9. The van der Waals surface area contributed by atoms with Crippen LogP contribution in [0.15, 0.2) is 59.4 Å². The van der Waals surface area contributed by atoms with E-state index in [2.05, 4.69) is 4.90 Å². The monoisotopic (exact) mass is 376 g/mol.